The number of rotatable bonds is 4. The molecule has 0 fully saturated rings. The van der Waals surface area contributed by atoms with Gasteiger partial charge in [0.1, 0.15) is 0 Å². The van der Waals surface area contributed by atoms with E-state index in [1.165, 1.54) is 23.3 Å². The number of carbonyl (C=O) groups is 1. The quantitative estimate of drug-likeness (QED) is 0.850. The van der Waals surface area contributed by atoms with Crippen molar-refractivity contribution in [1.82, 2.24) is 10.9 Å². The Morgan fingerprint density at radius 2 is 2.15 bits per heavy atom. The fourth-order valence-corrected chi connectivity index (χ4v) is 3.46. The minimum Gasteiger partial charge on any atom is -0.463 e. The van der Waals surface area contributed by atoms with Crippen molar-refractivity contribution in [3.05, 3.63) is 52.1 Å². The molecule has 1 aliphatic rings. The van der Waals surface area contributed by atoms with Crippen LogP contribution in [0.1, 0.15) is 38.7 Å². The summed E-state index contributed by atoms with van der Waals surface area (Å²) in [6.45, 7) is 3.81. The number of hydrogen-bond donors (Lipinski definition) is 2. The van der Waals surface area contributed by atoms with E-state index in [4.69, 9.17) is 4.42 Å². The van der Waals surface area contributed by atoms with E-state index in [-0.39, 0.29) is 5.91 Å². The van der Waals surface area contributed by atoms with Crippen LogP contribution in [0.25, 0.3) is 5.70 Å². The molecular formula is C15H16N2O2S. The number of fused-ring (bicyclic) bond motifs is 1. The molecule has 0 spiro atoms. The fraction of sp³-hybridized carbons (Fsp3) is 0.267. The van der Waals surface area contributed by atoms with E-state index in [2.05, 4.69) is 17.4 Å². The van der Waals surface area contributed by atoms with Gasteiger partial charge in [0.05, 0.1) is 16.8 Å². The van der Waals surface area contributed by atoms with Gasteiger partial charge in [-0.05, 0) is 49.4 Å². The van der Waals surface area contributed by atoms with Crippen LogP contribution < -0.4 is 10.9 Å². The molecule has 0 saturated carbocycles. The molecule has 2 aromatic rings. The van der Waals surface area contributed by atoms with Crippen LogP contribution in [0.5, 0.6) is 0 Å². The number of nitrogens with one attached hydrogen (secondary N) is 2. The molecule has 1 amide bonds. The van der Waals surface area contributed by atoms with Gasteiger partial charge >= 0.3 is 0 Å². The smallest absolute Gasteiger partial charge is 0.279 e. The van der Waals surface area contributed by atoms with Gasteiger partial charge in [0, 0.05) is 4.88 Å². The van der Waals surface area contributed by atoms with Crippen molar-refractivity contribution in [2.75, 3.05) is 0 Å². The Morgan fingerprint density at radius 3 is 2.90 bits per heavy atom. The van der Waals surface area contributed by atoms with Gasteiger partial charge in [-0.1, -0.05) is 6.58 Å². The van der Waals surface area contributed by atoms with Gasteiger partial charge in [-0.2, -0.15) is 0 Å². The Balaban J connectivity index is 1.62. The first-order valence-corrected chi connectivity index (χ1v) is 7.46. The molecule has 0 radical (unpaired) electrons. The minimum atomic E-state index is -0.128. The average Bonchev–Trinajstić information content (AvgIpc) is 3.12. The van der Waals surface area contributed by atoms with Crippen LogP contribution in [-0.4, -0.2) is 5.91 Å². The third-order valence-corrected chi connectivity index (χ3v) is 4.60. The summed E-state index contributed by atoms with van der Waals surface area (Å²) in [5.74, 6) is 0.480. The summed E-state index contributed by atoms with van der Waals surface area (Å²) in [5.41, 5.74) is 7.30. The maximum atomic E-state index is 12.1. The Kier molecular flexibility index (Phi) is 3.60. The molecule has 2 aromatic heterocycles. The molecule has 0 bridgehead atoms. The lowest BCUT2D eigenvalue weighted by atomic mass is 9.99. The monoisotopic (exact) mass is 288 g/mol. The van der Waals surface area contributed by atoms with Gasteiger partial charge in [-0.3, -0.25) is 15.6 Å². The first-order chi connectivity index (χ1) is 9.74. The maximum absolute atomic E-state index is 12.1. The molecule has 1 aliphatic carbocycles. The molecule has 0 atom stereocenters. The third-order valence-electron chi connectivity index (χ3n) is 3.37. The number of carbonyl (C=O) groups excluding carboxylic acids is 1. The van der Waals surface area contributed by atoms with Crippen molar-refractivity contribution >= 4 is 22.9 Å². The highest BCUT2D eigenvalue weighted by Crippen LogP contribution is 2.29. The fourth-order valence-electron chi connectivity index (χ4n) is 2.31. The second kappa shape index (κ2) is 5.54. The van der Waals surface area contributed by atoms with E-state index in [9.17, 15) is 4.79 Å². The van der Waals surface area contributed by atoms with Gasteiger partial charge in [0.15, 0.2) is 5.76 Å². The summed E-state index contributed by atoms with van der Waals surface area (Å²) >= 11 is 1.59. The SMILES string of the molecule is C=C(NNC(=O)c1cc2c(s1)CCCC2)c1ccco1. The van der Waals surface area contributed by atoms with Crippen LogP contribution in [0.4, 0.5) is 0 Å². The number of aryl methyl sites for hydroxylation is 2. The van der Waals surface area contributed by atoms with Gasteiger partial charge in [0.2, 0.25) is 0 Å². The molecule has 2 heterocycles. The molecule has 2 N–H and O–H groups in total. The second-order valence-corrected chi connectivity index (χ2v) is 5.94. The van der Waals surface area contributed by atoms with E-state index >= 15 is 0 Å². The molecule has 104 valence electrons. The lowest BCUT2D eigenvalue weighted by Gasteiger charge is -2.08. The van der Waals surface area contributed by atoms with E-state index in [0.717, 1.165) is 17.7 Å². The molecule has 0 aromatic carbocycles. The van der Waals surface area contributed by atoms with Crippen molar-refractivity contribution in [2.45, 2.75) is 25.7 Å². The van der Waals surface area contributed by atoms with Crippen LogP contribution in [0.3, 0.4) is 0 Å². The standard InChI is InChI=1S/C15H16N2O2S/c1-10(12-6-4-8-19-12)16-17-15(18)14-9-11-5-2-3-7-13(11)20-14/h4,6,8-9,16H,1-3,5,7H2,(H,17,18). The summed E-state index contributed by atoms with van der Waals surface area (Å²) in [6.07, 6.45) is 6.20. The van der Waals surface area contributed by atoms with Gasteiger partial charge in [-0.25, -0.2) is 0 Å². The van der Waals surface area contributed by atoms with E-state index in [0.29, 0.717) is 11.5 Å². The first kappa shape index (κ1) is 13.0. The summed E-state index contributed by atoms with van der Waals surface area (Å²) in [6, 6.07) is 5.56. The lowest BCUT2D eigenvalue weighted by molar-refractivity contribution is 0.0946. The second-order valence-electron chi connectivity index (χ2n) is 4.80. The Morgan fingerprint density at radius 1 is 1.30 bits per heavy atom. The zero-order valence-electron chi connectivity index (χ0n) is 11.1. The lowest BCUT2D eigenvalue weighted by Crippen LogP contribution is -2.35. The van der Waals surface area contributed by atoms with Crippen molar-refractivity contribution in [3.63, 3.8) is 0 Å². The summed E-state index contributed by atoms with van der Waals surface area (Å²) in [5, 5.41) is 0. The van der Waals surface area contributed by atoms with Crippen LogP contribution in [-0.2, 0) is 12.8 Å². The topological polar surface area (TPSA) is 54.3 Å². The van der Waals surface area contributed by atoms with E-state index < -0.39 is 0 Å². The number of furan rings is 1. The molecular weight excluding hydrogens is 272 g/mol. The van der Waals surface area contributed by atoms with Crippen LogP contribution >= 0.6 is 11.3 Å². The Labute approximate surface area is 121 Å². The number of amides is 1. The molecule has 0 unspecified atom stereocenters. The van der Waals surface area contributed by atoms with Crippen molar-refractivity contribution < 1.29 is 9.21 Å². The van der Waals surface area contributed by atoms with Crippen LogP contribution in [0.2, 0.25) is 0 Å². The van der Waals surface area contributed by atoms with Gasteiger partial charge in [0.25, 0.3) is 5.91 Å². The normalized spacial score (nSPS) is 13.6. The van der Waals surface area contributed by atoms with Gasteiger partial charge in [-0.15, -0.1) is 11.3 Å². The van der Waals surface area contributed by atoms with Crippen LogP contribution in [0, 0.1) is 0 Å². The Hall–Kier alpha value is -2.01. The van der Waals surface area contributed by atoms with E-state index in [1.807, 2.05) is 6.07 Å². The number of hydrogen-bond acceptors (Lipinski definition) is 4. The van der Waals surface area contributed by atoms with Crippen LogP contribution in [0.15, 0.2) is 35.5 Å². The predicted octanol–water partition coefficient (Wildman–Crippen LogP) is 3.13. The summed E-state index contributed by atoms with van der Waals surface area (Å²) < 4.78 is 5.19. The average molecular weight is 288 g/mol. The van der Waals surface area contributed by atoms with Crippen molar-refractivity contribution in [1.29, 1.82) is 0 Å². The predicted molar refractivity (Wildman–Crippen MR) is 79.3 cm³/mol. The summed E-state index contributed by atoms with van der Waals surface area (Å²) in [4.78, 5) is 14.2. The van der Waals surface area contributed by atoms with Gasteiger partial charge < -0.3 is 4.42 Å². The maximum Gasteiger partial charge on any atom is 0.279 e. The third kappa shape index (κ3) is 2.63. The zero-order chi connectivity index (χ0) is 13.9. The summed E-state index contributed by atoms with van der Waals surface area (Å²) in [7, 11) is 0. The highest BCUT2D eigenvalue weighted by Gasteiger charge is 2.17. The van der Waals surface area contributed by atoms with E-state index in [1.54, 1.807) is 29.7 Å². The zero-order valence-corrected chi connectivity index (χ0v) is 11.9. The Bertz CT molecular complexity index is 605. The molecule has 5 heteroatoms. The molecule has 0 saturated heterocycles. The number of hydrazine groups is 1. The highest BCUT2D eigenvalue weighted by molar-refractivity contribution is 7.14. The first-order valence-electron chi connectivity index (χ1n) is 6.65. The number of thiophene rings is 1. The molecule has 3 rings (SSSR count). The largest absolute Gasteiger partial charge is 0.463 e. The minimum absolute atomic E-state index is 0.128. The van der Waals surface area contributed by atoms with Crippen molar-refractivity contribution in [3.8, 4) is 0 Å². The molecule has 0 aliphatic heterocycles. The highest BCUT2D eigenvalue weighted by atomic mass is 32.1. The molecule has 4 nitrogen and oxygen atoms in total. The molecule has 20 heavy (non-hydrogen) atoms. The van der Waals surface area contributed by atoms with Crippen molar-refractivity contribution in [2.24, 2.45) is 0 Å².